The Balaban J connectivity index is 2.52. The minimum Gasteiger partial charge on any atom is -0.478 e. The number of carboxylic acid groups (broad SMARTS) is 1. The monoisotopic (exact) mass is 322 g/mol. The Morgan fingerprint density at radius 3 is 2.68 bits per heavy atom. The topological polar surface area (TPSA) is 72.2 Å². The fourth-order valence-electron chi connectivity index (χ4n) is 2.55. The summed E-state index contributed by atoms with van der Waals surface area (Å²) in [5.41, 5.74) is -0.154. The molecule has 1 N–H and O–H groups in total. The molecule has 0 amide bonds. The van der Waals surface area contributed by atoms with Gasteiger partial charge in [0.1, 0.15) is 10.7 Å². The molecular formula is C16H22N2O3S. The van der Waals surface area contributed by atoms with Gasteiger partial charge in [0.2, 0.25) is 0 Å². The van der Waals surface area contributed by atoms with Gasteiger partial charge in [-0.3, -0.25) is 9.36 Å². The highest BCUT2D eigenvalue weighted by Gasteiger charge is 2.20. The minimum atomic E-state index is -1.07. The maximum absolute atomic E-state index is 12.8. The molecule has 0 radical (unpaired) electrons. The van der Waals surface area contributed by atoms with E-state index < -0.39 is 5.97 Å². The van der Waals surface area contributed by atoms with Crippen molar-refractivity contribution in [2.24, 2.45) is 0 Å². The summed E-state index contributed by atoms with van der Waals surface area (Å²) in [6, 6.07) is 0. The second kappa shape index (κ2) is 7.05. The van der Waals surface area contributed by atoms with Gasteiger partial charge in [0.25, 0.3) is 5.56 Å². The van der Waals surface area contributed by atoms with Crippen LogP contribution < -0.4 is 5.56 Å². The molecule has 0 aliphatic heterocycles. The van der Waals surface area contributed by atoms with Gasteiger partial charge >= 0.3 is 5.97 Å². The highest BCUT2D eigenvalue weighted by molar-refractivity contribution is 7.17. The Bertz CT molecular complexity index is 731. The SMILES string of the molecule is CCCCCCn1c(C(C)C)nc2scc(C(=O)O)c2c1=O. The number of thiophene rings is 1. The van der Waals surface area contributed by atoms with Gasteiger partial charge < -0.3 is 5.11 Å². The summed E-state index contributed by atoms with van der Waals surface area (Å²) in [5, 5.41) is 11.0. The van der Waals surface area contributed by atoms with Gasteiger partial charge in [-0.05, 0) is 6.42 Å². The van der Waals surface area contributed by atoms with Crippen LogP contribution >= 0.6 is 11.3 Å². The molecule has 0 aliphatic rings. The summed E-state index contributed by atoms with van der Waals surface area (Å²) in [6.45, 7) is 6.75. The lowest BCUT2D eigenvalue weighted by Crippen LogP contribution is -2.26. The molecule has 0 fully saturated rings. The lowest BCUT2D eigenvalue weighted by atomic mass is 10.1. The number of carboxylic acids is 1. The third kappa shape index (κ3) is 3.21. The highest BCUT2D eigenvalue weighted by atomic mass is 32.1. The summed E-state index contributed by atoms with van der Waals surface area (Å²) >= 11 is 1.22. The van der Waals surface area contributed by atoms with Crippen LogP contribution in [-0.2, 0) is 6.54 Å². The second-order valence-corrected chi connectivity index (χ2v) is 6.63. The van der Waals surface area contributed by atoms with Crippen molar-refractivity contribution in [2.75, 3.05) is 0 Å². The van der Waals surface area contributed by atoms with Crippen molar-refractivity contribution in [1.29, 1.82) is 0 Å². The Hall–Kier alpha value is -1.69. The van der Waals surface area contributed by atoms with Crippen LogP contribution in [0.1, 0.15) is 68.6 Å². The lowest BCUT2D eigenvalue weighted by molar-refractivity contribution is 0.0699. The van der Waals surface area contributed by atoms with Gasteiger partial charge in [-0.15, -0.1) is 11.3 Å². The van der Waals surface area contributed by atoms with Crippen LogP contribution in [0, 0.1) is 0 Å². The standard InChI is InChI=1S/C16H22N2O3S/c1-4-5-6-7-8-18-13(10(2)3)17-14-12(15(18)19)11(9-22-14)16(20)21/h9-10H,4-8H2,1-3H3,(H,20,21). The first-order chi connectivity index (χ1) is 10.5. The fourth-order valence-corrected chi connectivity index (χ4v) is 3.46. The predicted octanol–water partition coefficient (Wildman–Crippen LogP) is 3.86. The molecule has 0 atom stereocenters. The first-order valence-electron chi connectivity index (χ1n) is 7.72. The Kier molecular flexibility index (Phi) is 5.34. The number of unbranched alkanes of at least 4 members (excludes halogenated alkanes) is 3. The largest absolute Gasteiger partial charge is 0.478 e. The molecule has 0 spiro atoms. The van der Waals surface area contributed by atoms with Crippen molar-refractivity contribution in [3.8, 4) is 0 Å². The van der Waals surface area contributed by atoms with Crippen LogP contribution in [0.3, 0.4) is 0 Å². The number of nitrogens with zero attached hydrogens (tertiary/aromatic N) is 2. The first-order valence-corrected chi connectivity index (χ1v) is 8.60. The molecule has 0 aromatic carbocycles. The molecule has 2 aromatic rings. The molecule has 0 saturated carbocycles. The van der Waals surface area contributed by atoms with Gasteiger partial charge in [-0.1, -0.05) is 40.0 Å². The Morgan fingerprint density at radius 1 is 1.36 bits per heavy atom. The zero-order valence-electron chi connectivity index (χ0n) is 13.3. The van der Waals surface area contributed by atoms with Crippen LogP contribution in [0.5, 0.6) is 0 Å². The summed E-state index contributed by atoms with van der Waals surface area (Å²) < 4.78 is 1.67. The normalized spacial score (nSPS) is 11.5. The van der Waals surface area contributed by atoms with Gasteiger partial charge in [-0.25, -0.2) is 9.78 Å². The summed E-state index contributed by atoms with van der Waals surface area (Å²) in [6.07, 6.45) is 4.25. The molecule has 0 bridgehead atoms. The van der Waals surface area contributed by atoms with E-state index in [9.17, 15) is 14.7 Å². The zero-order chi connectivity index (χ0) is 16.3. The minimum absolute atomic E-state index is 0.0649. The Morgan fingerprint density at radius 2 is 2.09 bits per heavy atom. The number of fused-ring (bicyclic) bond motifs is 1. The maximum atomic E-state index is 12.8. The summed E-state index contributed by atoms with van der Waals surface area (Å²) in [7, 11) is 0. The third-order valence-corrected chi connectivity index (χ3v) is 4.58. The highest BCUT2D eigenvalue weighted by Crippen LogP contribution is 2.24. The van der Waals surface area contributed by atoms with Gasteiger partial charge in [0, 0.05) is 17.8 Å². The first kappa shape index (κ1) is 16.7. The van der Waals surface area contributed by atoms with E-state index in [-0.39, 0.29) is 22.4 Å². The average Bonchev–Trinajstić information content (AvgIpc) is 2.89. The number of rotatable bonds is 7. The van der Waals surface area contributed by atoms with E-state index in [1.807, 2.05) is 13.8 Å². The van der Waals surface area contributed by atoms with E-state index in [0.29, 0.717) is 11.4 Å². The molecule has 2 aromatic heterocycles. The number of hydrogen-bond donors (Lipinski definition) is 1. The van der Waals surface area contributed by atoms with Crippen LogP contribution in [0.25, 0.3) is 10.2 Å². The van der Waals surface area contributed by atoms with Crippen LogP contribution in [0.2, 0.25) is 0 Å². The van der Waals surface area contributed by atoms with E-state index in [2.05, 4.69) is 11.9 Å². The molecule has 2 heterocycles. The van der Waals surface area contributed by atoms with Crippen molar-refractivity contribution in [1.82, 2.24) is 9.55 Å². The smallest absolute Gasteiger partial charge is 0.337 e. The van der Waals surface area contributed by atoms with E-state index >= 15 is 0 Å². The molecule has 0 aliphatic carbocycles. The molecule has 0 unspecified atom stereocenters. The van der Waals surface area contributed by atoms with Crippen LogP contribution in [0.15, 0.2) is 10.2 Å². The molecule has 120 valence electrons. The zero-order valence-corrected chi connectivity index (χ0v) is 14.1. The third-order valence-electron chi connectivity index (χ3n) is 3.71. The summed E-state index contributed by atoms with van der Waals surface area (Å²) in [5.74, 6) is -0.202. The molecule has 6 heteroatoms. The number of aromatic carboxylic acids is 1. The van der Waals surface area contributed by atoms with Gasteiger partial charge in [0.15, 0.2) is 0 Å². The maximum Gasteiger partial charge on any atom is 0.337 e. The van der Waals surface area contributed by atoms with Crippen molar-refractivity contribution >= 4 is 27.5 Å². The summed E-state index contributed by atoms with van der Waals surface area (Å²) in [4.78, 5) is 29.1. The molecule has 0 saturated heterocycles. The lowest BCUT2D eigenvalue weighted by Gasteiger charge is -2.15. The quantitative estimate of drug-likeness (QED) is 0.786. The van der Waals surface area contributed by atoms with Gasteiger partial charge in [-0.2, -0.15) is 0 Å². The van der Waals surface area contributed by atoms with Gasteiger partial charge in [0.05, 0.1) is 10.9 Å². The molecule has 5 nitrogen and oxygen atoms in total. The van der Waals surface area contributed by atoms with E-state index in [4.69, 9.17) is 0 Å². The fraction of sp³-hybridized carbons (Fsp3) is 0.562. The van der Waals surface area contributed by atoms with E-state index in [1.54, 1.807) is 4.57 Å². The van der Waals surface area contributed by atoms with Crippen molar-refractivity contribution in [3.63, 3.8) is 0 Å². The van der Waals surface area contributed by atoms with Crippen molar-refractivity contribution < 1.29 is 9.90 Å². The number of aromatic nitrogens is 2. The predicted molar refractivity (Wildman–Crippen MR) is 89.1 cm³/mol. The van der Waals surface area contributed by atoms with Crippen LogP contribution in [0.4, 0.5) is 0 Å². The average molecular weight is 322 g/mol. The number of hydrogen-bond acceptors (Lipinski definition) is 4. The van der Waals surface area contributed by atoms with E-state index in [0.717, 1.165) is 31.5 Å². The second-order valence-electron chi connectivity index (χ2n) is 5.78. The van der Waals surface area contributed by atoms with Crippen LogP contribution in [-0.4, -0.2) is 20.6 Å². The molecular weight excluding hydrogens is 300 g/mol. The Labute approximate surface area is 133 Å². The molecule has 22 heavy (non-hydrogen) atoms. The molecule has 2 rings (SSSR count). The number of carbonyl (C=O) groups is 1. The van der Waals surface area contributed by atoms with E-state index in [1.165, 1.54) is 16.7 Å². The van der Waals surface area contributed by atoms with Crippen molar-refractivity contribution in [2.45, 2.75) is 58.9 Å². The van der Waals surface area contributed by atoms with Crippen molar-refractivity contribution in [3.05, 3.63) is 27.1 Å².